The highest BCUT2D eigenvalue weighted by molar-refractivity contribution is 5.74. The number of carboxylic acid groups (broad SMARTS) is 1. The van der Waals surface area contributed by atoms with Gasteiger partial charge >= 0.3 is 5.97 Å². The van der Waals surface area contributed by atoms with Gasteiger partial charge in [-0.05, 0) is 42.7 Å². The van der Waals surface area contributed by atoms with Gasteiger partial charge in [-0.25, -0.2) is 0 Å². The van der Waals surface area contributed by atoms with Crippen molar-refractivity contribution in [1.82, 2.24) is 0 Å². The Kier molecular flexibility index (Phi) is 4.12. The minimum Gasteiger partial charge on any atom is -0.497 e. The van der Waals surface area contributed by atoms with E-state index in [1.807, 2.05) is 32.9 Å². The number of benzene rings is 1. The minimum atomic E-state index is -0.980. The van der Waals surface area contributed by atoms with Crippen LogP contribution in [0.4, 0.5) is 0 Å². The first-order valence-electron chi connectivity index (χ1n) is 5.52. The third-order valence-electron chi connectivity index (χ3n) is 3.08. The van der Waals surface area contributed by atoms with Crippen LogP contribution in [0.2, 0.25) is 0 Å². The lowest BCUT2D eigenvalue weighted by molar-refractivity contribution is -0.139. The summed E-state index contributed by atoms with van der Waals surface area (Å²) in [6.45, 7) is 5.71. The fourth-order valence-corrected chi connectivity index (χ4v) is 2.16. The van der Waals surface area contributed by atoms with Crippen LogP contribution in [0, 0.1) is 13.8 Å². The number of hydrogen-bond acceptors (Lipinski definition) is 3. The van der Waals surface area contributed by atoms with Gasteiger partial charge < -0.3 is 15.6 Å². The quantitative estimate of drug-likeness (QED) is 0.838. The third kappa shape index (κ3) is 2.77. The number of carbonyl (C=O) groups is 1. The van der Waals surface area contributed by atoms with Crippen molar-refractivity contribution in [3.63, 3.8) is 0 Å². The molecule has 1 aromatic carbocycles. The summed E-state index contributed by atoms with van der Waals surface area (Å²) in [5.41, 5.74) is 8.67. The van der Waals surface area contributed by atoms with Crippen molar-refractivity contribution in [2.24, 2.45) is 5.73 Å². The molecule has 4 heteroatoms. The summed E-state index contributed by atoms with van der Waals surface area (Å²) in [7, 11) is 1.61. The second-order valence-electron chi connectivity index (χ2n) is 4.33. The Morgan fingerprint density at radius 1 is 1.35 bits per heavy atom. The number of rotatable bonds is 4. The standard InChI is InChI=1S/C13H19NO3/c1-7-5-10(17-4)6-8(2)11(7)9(3)12(14)13(15)16/h5-6,9,12H,14H2,1-4H3,(H,15,16)/t9-,12+/m0/s1. The zero-order valence-electron chi connectivity index (χ0n) is 10.7. The van der Waals surface area contributed by atoms with Crippen LogP contribution in [0.5, 0.6) is 5.75 Å². The van der Waals surface area contributed by atoms with Crippen molar-refractivity contribution in [2.75, 3.05) is 7.11 Å². The first-order valence-corrected chi connectivity index (χ1v) is 5.52. The Hall–Kier alpha value is -1.55. The van der Waals surface area contributed by atoms with Crippen molar-refractivity contribution in [3.8, 4) is 5.75 Å². The molecule has 0 aliphatic rings. The SMILES string of the molecule is COc1cc(C)c([C@H](C)[C@@H](N)C(=O)O)c(C)c1. The van der Waals surface area contributed by atoms with Gasteiger partial charge in [-0.15, -0.1) is 0 Å². The van der Waals surface area contributed by atoms with E-state index in [2.05, 4.69) is 0 Å². The minimum absolute atomic E-state index is 0.224. The predicted molar refractivity (Wildman–Crippen MR) is 66.5 cm³/mol. The molecule has 4 nitrogen and oxygen atoms in total. The normalized spacial score (nSPS) is 14.2. The predicted octanol–water partition coefficient (Wildman–Crippen LogP) is 1.83. The molecule has 0 fully saturated rings. The molecule has 17 heavy (non-hydrogen) atoms. The highest BCUT2D eigenvalue weighted by atomic mass is 16.5. The van der Waals surface area contributed by atoms with E-state index in [1.165, 1.54) is 0 Å². The van der Waals surface area contributed by atoms with E-state index in [1.54, 1.807) is 7.11 Å². The Balaban J connectivity index is 3.18. The lowest BCUT2D eigenvalue weighted by Gasteiger charge is -2.21. The number of nitrogens with two attached hydrogens (primary N) is 1. The molecule has 0 aliphatic carbocycles. The highest BCUT2D eigenvalue weighted by Crippen LogP contribution is 2.29. The van der Waals surface area contributed by atoms with Gasteiger partial charge in [0.1, 0.15) is 11.8 Å². The summed E-state index contributed by atoms with van der Waals surface area (Å²) < 4.78 is 5.17. The molecular formula is C13H19NO3. The lowest BCUT2D eigenvalue weighted by atomic mass is 9.87. The van der Waals surface area contributed by atoms with Gasteiger partial charge in [0.2, 0.25) is 0 Å². The van der Waals surface area contributed by atoms with Crippen molar-refractivity contribution in [3.05, 3.63) is 28.8 Å². The van der Waals surface area contributed by atoms with E-state index in [0.717, 1.165) is 22.4 Å². The Morgan fingerprint density at radius 2 is 1.82 bits per heavy atom. The number of methoxy groups -OCH3 is 1. The molecule has 0 heterocycles. The molecule has 0 aliphatic heterocycles. The van der Waals surface area contributed by atoms with Crippen molar-refractivity contribution in [2.45, 2.75) is 32.7 Å². The van der Waals surface area contributed by atoms with Gasteiger partial charge in [-0.3, -0.25) is 4.79 Å². The zero-order valence-corrected chi connectivity index (χ0v) is 10.7. The lowest BCUT2D eigenvalue weighted by Crippen LogP contribution is -2.35. The number of carboxylic acids is 1. The molecule has 0 radical (unpaired) electrons. The van der Waals surface area contributed by atoms with E-state index in [0.29, 0.717) is 0 Å². The summed E-state index contributed by atoms with van der Waals surface area (Å²) in [6, 6.07) is 2.90. The zero-order chi connectivity index (χ0) is 13.2. The van der Waals surface area contributed by atoms with Gasteiger partial charge in [-0.2, -0.15) is 0 Å². The van der Waals surface area contributed by atoms with Gasteiger partial charge in [0.05, 0.1) is 7.11 Å². The molecule has 0 spiro atoms. The van der Waals surface area contributed by atoms with Crippen LogP contribution in [-0.4, -0.2) is 24.2 Å². The van der Waals surface area contributed by atoms with E-state index in [-0.39, 0.29) is 5.92 Å². The van der Waals surface area contributed by atoms with Crippen LogP contribution >= 0.6 is 0 Å². The number of ether oxygens (including phenoxy) is 1. The molecule has 2 atom stereocenters. The first-order chi connectivity index (χ1) is 7.88. The van der Waals surface area contributed by atoms with Gasteiger partial charge in [-0.1, -0.05) is 6.92 Å². The first kappa shape index (κ1) is 13.5. The average Bonchev–Trinajstić information content (AvgIpc) is 2.26. The number of aliphatic carboxylic acids is 1. The summed E-state index contributed by atoms with van der Waals surface area (Å²) in [5, 5.41) is 8.95. The van der Waals surface area contributed by atoms with E-state index >= 15 is 0 Å². The molecule has 94 valence electrons. The summed E-state index contributed by atoms with van der Waals surface area (Å²) in [5.74, 6) is -0.426. The molecule has 1 rings (SSSR count). The smallest absolute Gasteiger partial charge is 0.321 e. The summed E-state index contributed by atoms with van der Waals surface area (Å²) in [4.78, 5) is 10.9. The highest BCUT2D eigenvalue weighted by Gasteiger charge is 2.24. The molecule has 0 bridgehead atoms. The van der Waals surface area contributed by atoms with E-state index in [9.17, 15) is 4.79 Å². The molecule has 0 unspecified atom stereocenters. The Morgan fingerprint density at radius 3 is 2.18 bits per heavy atom. The second kappa shape index (κ2) is 5.19. The molecule has 1 aromatic rings. The molecule has 3 N–H and O–H groups in total. The fraction of sp³-hybridized carbons (Fsp3) is 0.462. The topological polar surface area (TPSA) is 72.5 Å². The fourth-order valence-electron chi connectivity index (χ4n) is 2.16. The van der Waals surface area contributed by atoms with Crippen LogP contribution in [-0.2, 0) is 4.79 Å². The monoisotopic (exact) mass is 237 g/mol. The molecule has 0 saturated heterocycles. The van der Waals surface area contributed by atoms with Crippen LogP contribution in [0.1, 0.15) is 29.5 Å². The Bertz CT molecular complexity index is 406. The van der Waals surface area contributed by atoms with Crippen molar-refractivity contribution in [1.29, 1.82) is 0 Å². The van der Waals surface area contributed by atoms with Crippen LogP contribution < -0.4 is 10.5 Å². The molecule has 0 amide bonds. The Labute approximate surface area is 101 Å². The summed E-state index contributed by atoms with van der Waals surface area (Å²) >= 11 is 0. The maximum Gasteiger partial charge on any atom is 0.321 e. The van der Waals surface area contributed by atoms with Crippen LogP contribution in [0.3, 0.4) is 0 Å². The molecular weight excluding hydrogens is 218 g/mol. The molecule has 0 aromatic heterocycles. The van der Waals surface area contributed by atoms with Gasteiger partial charge in [0.15, 0.2) is 0 Å². The summed E-state index contributed by atoms with van der Waals surface area (Å²) in [6.07, 6.45) is 0. The van der Waals surface area contributed by atoms with Gasteiger partial charge in [0, 0.05) is 5.92 Å². The third-order valence-corrected chi connectivity index (χ3v) is 3.08. The van der Waals surface area contributed by atoms with Crippen molar-refractivity contribution >= 4 is 5.97 Å². The second-order valence-corrected chi connectivity index (χ2v) is 4.33. The van der Waals surface area contributed by atoms with E-state index in [4.69, 9.17) is 15.6 Å². The molecule has 0 saturated carbocycles. The van der Waals surface area contributed by atoms with Crippen molar-refractivity contribution < 1.29 is 14.6 Å². The largest absolute Gasteiger partial charge is 0.497 e. The average molecular weight is 237 g/mol. The van der Waals surface area contributed by atoms with Crippen LogP contribution in [0.15, 0.2) is 12.1 Å². The number of hydrogen-bond donors (Lipinski definition) is 2. The van der Waals surface area contributed by atoms with Gasteiger partial charge in [0.25, 0.3) is 0 Å². The maximum atomic E-state index is 10.9. The van der Waals surface area contributed by atoms with E-state index < -0.39 is 12.0 Å². The van der Waals surface area contributed by atoms with Crippen LogP contribution in [0.25, 0.3) is 0 Å². The maximum absolute atomic E-state index is 10.9. The number of aryl methyl sites for hydroxylation is 2.